The van der Waals surface area contributed by atoms with E-state index in [2.05, 4.69) is 6.58 Å². The molecule has 0 amide bonds. The fraction of sp³-hybridized carbons (Fsp3) is 0.143. The third-order valence-corrected chi connectivity index (χ3v) is 0.793. The van der Waals surface area contributed by atoms with E-state index in [1.165, 1.54) is 0 Å². The van der Waals surface area contributed by atoms with Crippen molar-refractivity contribution < 1.29 is 0 Å². The molecular weight excluding hydrogens is 112 g/mol. The van der Waals surface area contributed by atoms with Crippen molar-refractivity contribution in [1.82, 2.24) is 0 Å². The first-order valence-corrected chi connectivity index (χ1v) is 2.75. The molecule has 0 atom stereocenters. The molecule has 0 saturated heterocycles. The summed E-state index contributed by atoms with van der Waals surface area (Å²) in [4.78, 5) is 0. The summed E-state index contributed by atoms with van der Waals surface area (Å²) in [6.45, 7) is 3.90. The molecule has 4 N–H and O–H groups in total. The summed E-state index contributed by atoms with van der Waals surface area (Å²) in [5.74, 6) is 0. The predicted molar refractivity (Wildman–Crippen MR) is 40.7 cm³/mol. The maximum atomic E-state index is 5.36. The molecule has 0 spiro atoms. The van der Waals surface area contributed by atoms with Gasteiger partial charge in [-0.1, -0.05) is 24.8 Å². The van der Waals surface area contributed by atoms with Gasteiger partial charge in [-0.25, -0.2) is 0 Å². The quantitative estimate of drug-likeness (QED) is 0.539. The zero-order chi connectivity index (χ0) is 7.11. The van der Waals surface area contributed by atoms with Crippen LogP contribution in [0.5, 0.6) is 0 Å². The summed E-state index contributed by atoms with van der Waals surface area (Å²) in [6.07, 6.45) is 7.03. The molecule has 0 fully saturated rings. The van der Waals surface area contributed by atoms with Crippen LogP contribution in [0, 0.1) is 0 Å². The highest BCUT2D eigenvalue weighted by Crippen LogP contribution is 1.81. The SMILES string of the molecule is C=C/C=C\C=C(\N)CN. The molecule has 0 rings (SSSR count). The van der Waals surface area contributed by atoms with Crippen molar-refractivity contribution in [2.45, 2.75) is 0 Å². The first-order valence-electron chi connectivity index (χ1n) is 2.75. The Labute approximate surface area is 55.5 Å². The molecule has 0 aromatic rings. The average molecular weight is 124 g/mol. The highest BCUT2D eigenvalue weighted by molar-refractivity contribution is 5.13. The Bertz CT molecular complexity index is 134. The van der Waals surface area contributed by atoms with Crippen molar-refractivity contribution in [3.8, 4) is 0 Å². The second-order valence-electron chi connectivity index (χ2n) is 1.57. The molecule has 0 aromatic carbocycles. The lowest BCUT2D eigenvalue weighted by molar-refractivity contribution is 1.11. The normalized spacial score (nSPS) is 12.3. The maximum Gasteiger partial charge on any atom is 0.0326 e. The van der Waals surface area contributed by atoms with Crippen molar-refractivity contribution in [2.24, 2.45) is 11.5 Å². The zero-order valence-corrected chi connectivity index (χ0v) is 5.38. The van der Waals surface area contributed by atoms with Crippen LogP contribution in [0.1, 0.15) is 0 Å². The molecule has 2 nitrogen and oxygen atoms in total. The van der Waals surface area contributed by atoms with Gasteiger partial charge >= 0.3 is 0 Å². The Morgan fingerprint density at radius 2 is 2.11 bits per heavy atom. The van der Waals surface area contributed by atoms with Crippen LogP contribution in [0.2, 0.25) is 0 Å². The zero-order valence-electron chi connectivity index (χ0n) is 5.38. The van der Waals surface area contributed by atoms with E-state index in [-0.39, 0.29) is 0 Å². The van der Waals surface area contributed by atoms with Gasteiger partial charge in [-0.3, -0.25) is 0 Å². The highest BCUT2D eigenvalue weighted by Gasteiger charge is 1.76. The first kappa shape index (κ1) is 7.98. The van der Waals surface area contributed by atoms with Crippen LogP contribution in [-0.2, 0) is 0 Å². The van der Waals surface area contributed by atoms with Crippen LogP contribution in [0.25, 0.3) is 0 Å². The van der Waals surface area contributed by atoms with E-state index in [0.717, 1.165) is 0 Å². The van der Waals surface area contributed by atoms with Crippen molar-refractivity contribution in [1.29, 1.82) is 0 Å². The topological polar surface area (TPSA) is 52.0 Å². The van der Waals surface area contributed by atoms with Crippen molar-refractivity contribution in [2.75, 3.05) is 6.54 Å². The smallest absolute Gasteiger partial charge is 0.0326 e. The third kappa shape index (κ3) is 4.84. The third-order valence-electron chi connectivity index (χ3n) is 0.793. The fourth-order valence-electron chi connectivity index (χ4n) is 0.326. The second kappa shape index (κ2) is 5.12. The Kier molecular flexibility index (Phi) is 4.54. The summed E-state index contributed by atoms with van der Waals surface area (Å²) < 4.78 is 0. The Hall–Kier alpha value is -1.02. The van der Waals surface area contributed by atoms with Gasteiger partial charge in [0.05, 0.1) is 0 Å². The minimum atomic E-state index is 0.404. The largest absolute Gasteiger partial charge is 0.401 e. The molecule has 0 bridgehead atoms. The standard InChI is InChI=1S/C7H12N2/c1-2-3-4-5-7(9)6-8/h2-5H,1,6,8-9H2/b4-3-,7-5+. The lowest BCUT2D eigenvalue weighted by atomic mass is 10.4. The van der Waals surface area contributed by atoms with Gasteiger partial charge in [0.1, 0.15) is 0 Å². The monoisotopic (exact) mass is 124 g/mol. The predicted octanol–water partition coefficient (Wildman–Crippen LogP) is 0.530. The molecular formula is C7H12N2. The highest BCUT2D eigenvalue weighted by atomic mass is 14.7. The molecule has 50 valence electrons. The molecule has 9 heavy (non-hydrogen) atoms. The van der Waals surface area contributed by atoms with Crippen LogP contribution < -0.4 is 11.5 Å². The lowest BCUT2D eigenvalue weighted by Gasteiger charge is -1.88. The molecule has 0 heterocycles. The van der Waals surface area contributed by atoms with Gasteiger partial charge in [-0.2, -0.15) is 0 Å². The number of hydrogen-bond acceptors (Lipinski definition) is 2. The van der Waals surface area contributed by atoms with Crippen LogP contribution in [-0.4, -0.2) is 6.54 Å². The first-order chi connectivity index (χ1) is 4.31. The molecule has 0 aliphatic carbocycles. The van der Waals surface area contributed by atoms with Gasteiger partial charge in [0.25, 0.3) is 0 Å². The van der Waals surface area contributed by atoms with E-state index in [1.54, 1.807) is 24.3 Å². The summed E-state index contributed by atoms with van der Waals surface area (Å²) >= 11 is 0. The minimum absolute atomic E-state index is 0.404. The number of rotatable bonds is 3. The summed E-state index contributed by atoms with van der Waals surface area (Å²) in [5.41, 5.74) is 11.2. The van der Waals surface area contributed by atoms with Gasteiger partial charge in [-0.05, 0) is 6.08 Å². The second-order valence-corrected chi connectivity index (χ2v) is 1.57. The van der Waals surface area contributed by atoms with Gasteiger partial charge in [0.15, 0.2) is 0 Å². The van der Waals surface area contributed by atoms with Crippen molar-refractivity contribution in [3.63, 3.8) is 0 Å². The van der Waals surface area contributed by atoms with Gasteiger partial charge in [-0.15, -0.1) is 0 Å². The van der Waals surface area contributed by atoms with Gasteiger partial charge in [0, 0.05) is 12.2 Å². The average Bonchev–Trinajstić information content (AvgIpc) is 1.89. The molecule has 0 saturated carbocycles. The van der Waals surface area contributed by atoms with Gasteiger partial charge < -0.3 is 11.5 Å². The summed E-state index contributed by atoms with van der Waals surface area (Å²) in [5, 5.41) is 0. The van der Waals surface area contributed by atoms with E-state index in [9.17, 15) is 0 Å². The van der Waals surface area contributed by atoms with E-state index in [1.807, 2.05) is 0 Å². The summed E-state index contributed by atoms with van der Waals surface area (Å²) in [7, 11) is 0. The fourth-order valence-corrected chi connectivity index (χ4v) is 0.326. The Balaban J connectivity index is 3.67. The van der Waals surface area contributed by atoms with Gasteiger partial charge in [0.2, 0.25) is 0 Å². The Morgan fingerprint density at radius 1 is 1.44 bits per heavy atom. The molecule has 0 unspecified atom stereocenters. The van der Waals surface area contributed by atoms with E-state index >= 15 is 0 Å². The minimum Gasteiger partial charge on any atom is -0.401 e. The molecule has 0 radical (unpaired) electrons. The van der Waals surface area contributed by atoms with E-state index in [4.69, 9.17) is 11.5 Å². The number of nitrogens with two attached hydrogens (primary N) is 2. The van der Waals surface area contributed by atoms with E-state index < -0.39 is 0 Å². The summed E-state index contributed by atoms with van der Waals surface area (Å²) in [6, 6.07) is 0. The number of allylic oxidation sites excluding steroid dienone is 4. The molecule has 0 aliphatic rings. The Morgan fingerprint density at radius 3 is 2.56 bits per heavy atom. The van der Waals surface area contributed by atoms with Crippen molar-refractivity contribution in [3.05, 3.63) is 36.6 Å². The van der Waals surface area contributed by atoms with Crippen LogP contribution in [0.4, 0.5) is 0 Å². The molecule has 2 heteroatoms. The molecule has 0 aliphatic heterocycles. The molecule has 0 aromatic heterocycles. The lowest BCUT2D eigenvalue weighted by Crippen LogP contribution is -2.10. The van der Waals surface area contributed by atoms with Crippen molar-refractivity contribution >= 4 is 0 Å². The maximum absolute atomic E-state index is 5.36. The van der Waals surface area contributed by atoms with Crippen LogP contribution in [0.15, 0.2) is 36.6 Å². The van der Waals surface area contributed by atoms with E-state index in [0.29, 0.717) is 12.2 Å². The number of hydrogen-bond donors (Lipinski definition) is 2. The van der Waals surface area contributed by atoms with Crippen LogP contribution in [0.3, 0.4) is 0 Å². The van der Waals surface area contributed by atoms with Crippen LogP contribution >= 0.6 is 0 Å².